The van der Waals surface area contributed by atoms with Gasteiger partial charge in [-0.05, 0) is 48.3 Å². The van der Waals surface area contributed by atoms with E-state index in [1.807, 2.05) is 0 Å². The monoisotopic (exact) mass is 350 g/mol. The maximum absolute atomic E-state index is 14.4. The van der Waals surface area contributed by atoms with E-state index in [-0.39, 0.29) is 24.5 Å². The van der Waals surface area contributed by atoms with Crippen LogP contribution in [0.5, 0.6) is 0 Å². The second-order valence-corrected chi connectivity index (χ2v) is 6.98. The lowest BCUT2D eigenvalue weighted by molar-refractivity contribution is -0.0366. The Hall–Kier alpha value is -1.51. The van der Waals surface area contributed by atoms with Gasteiger partial charge < -0.3 is 14.8 Å². The highest BCUT2D eigenvalue weighted by atomic mass is 19.3. The molecule has 5 nitrogen and oxygen atoms in total. The van der Waals surface area contributed by atoms with E-state index in [2.05, 4.69) is 5.10 Å². The van der Waals surface area contributed by atoms with Crippen LogP contribution < -0.4 is 5.46 Å². The minimum atomic E-state index is -2.88. The van der Waals surface area contributed by atoms with Gasteiger partial charge in [0.25, 0.3) is 5.92 Å². The van der Waals surface area contributed by atoms with Crippen LogP contribution in [0, 0.1) is 0 Å². The molecule has 2 aromatic rings. The molecular weight excluding hydrogens is 329 g/mol. The zero-order valence-electron chi connectivity index (χ0n) is 14.1. The Labute approximate surface area is 144 Å². The average Bonchev–Trinajstić information content (AvgIpc) is 3.09. The van der Waals surface area contributed by atoms with Crippen LogP contribution in [0.4, 0.5) is 8.78 Å². The van der Waals surface area contributed by atoms with Gasteiger partial charge in [0.15, 0.2) is 6.23 Å². The summed E-state index contributed by atoms with van der Waals surface area (Å²) in [4.78, 5) is 0. The standard InChI is InChI=1S/C17H21BF2N2O3/c1-2-12-15-10(8-17(12,19)20)7-13-11(16(15)18(23)24)9-21-22(13)14-5-3-4-6-25-14/h7,9,12,14,23-24H,2-6,8H2,1H3. The van der Waals surface area contributed by atoms with Crippen molar-refractivity contribution in [1.82, 2.24) is 9.78 Å². The third-order valence-electron chi connectivity index (χ3n) is 5.45. The second-order valence-electron chi connectivity index (χ2n) is 6.98. The fourth-order valence-corrected chi connectivity index (χ4v) is 4.36. The fraction of sp³-hybridized carbons (Fsp3) is 0.588. The second kappa shape index (κ2) is 6.04. The van der Waals surface area contributed by atoms with Gasteiger partial charge in [-0.2, -0.15) is 5.10 Å². The average molecular weight is 350 g/mol. The Bertz CT molecular complexity index is 803. The van der Waals surface area contributed by atoms with Crippen LogP contribution in [0.15, 0.2) is 12.3 Å². The molecule has 1 saturated heterocycles. The number of rotatable bonds is 3. The summed E-state index contributed by atoms with van der Waals surface area (Å²) in [5, 5.41) is 24.7. The van der Waals surface area contributed by atoms with Gasteiger partial charge >= 0.3 is 7.12 Å². The molecule has 2 aliphatic rings. The number of aromatic nitrogens is 2. The highest BCUT2D eigenvalue weighted by molar-refractivity contribution is 6.62. The summed E-state index contributed by atoms with van der Waals surface area (Å²) < 4.78 is 36.3. The summed E-state index contributed by atoms with van der Waals surface area (Å²) in [6.07, 6.45) is 3.97. The molecule has 0 bridgehead atoms. The SMILES string of the molecule is CCC1c2c(cc3c(cnn3C3CCCCO3)c2B(O)O)CC1(F)F. The van der Waals surface area contributed by atoms with E-state index in [1.54, 1.807) is 17.7 Å². The lowest BCUT2D eigenvalue weighted by Crippen LogP contribution is -2.36. The summed E-state index contributed by atoms with van der Waals surface area (Å²) in [5.41, 5.74) is 1.64. The minimum absolute atomic E-state index is 0.165. The third-order valence-corrected chi connectivity index (χ3v) is 5.45. The molecule has 0 spiro atoms. The van der Waals surface area contributed by atoms with E-state index in [0.717, 1.165) is 19.3 Å². The number of halogens is 2. The number of benzene rings is 1. The van der Waals surface area contributed by atoms with Crippen LogP contribution in [0.1, 0.15) is 55.9 Å². The van der Waals surface area contributed by atoms with Crippen LogP contribution in [0.2, 0.25) is 0 Å². The number of hydrogen-bond acceptors (Lipinski definition) is 4. The predicted molar refractivity (Wildman–Crippen MR) is 90.1 cm³/mol. The number of alkyl halides is 2. The van der Waals surface area contributed by atoms with Gasteiger partial charge in [-0.15, -0.1) is 0 Å². The van der Waals surface area contributed by atoms with E-state index < -0.39 is 19.0 Å². The third kappa shape index (κ3) is 2.58. The summed E-state index contributed by atoms with van der Waals surface area (Å²) in [5.74, 6) is -3.88. The molecule has 8 heteroatoms. The Morgan fingerprint density at radius 2 is 2.20 bits per heavy atom. The van der Waals surface area contributed by atoms with Gasteiger partial charge in [-0.25, -0.2) is 13.5 Å². The zero-order valence-corrected chi connectivity index (χ0v) is 14.1. The molecule has 0 radical (unpaired) electrons. The fourth-order valence-electron chi connectivity index (χ4n) is 4.36. The van der Waals surface area contributed by atoms with Gasteiger partial charge in [0.2, 0.25) is 0 Å². The zero-order chi connectivity index (χ0) is 17.8. The lowest BCUT2D eigenvalue weighted by atomic mass is 9.71. The summed E-state index contributed by atoms with van der Waals surface area (Å²) >= 11 is 0. The Balaban J connectivity index is 1.92. The molecule has 1 aromatic carbocycles. The first-order valence-corrected chi connectivity index (χ1v) is 8.82. The topological polar surface area (TPSA) is 67.5 Å². The maximum atomic E-state index is 14.4. The first kappa shape index (κ1) is 16.9. The highest BCUT2D eigenvalue weighted by Crippen LogP contribution is 2.47. The quantitative estimate of drug-likeness (QED) is 0.832. The van der Waals surface area contributed by atoms with E-state index >= 15 is 0 Å². The summed E-state index contributed by atoms with van der Waals surface area (Å²) in [6.45, 7) is 2.34. The molecular formula is C17H21BF2N2O3. The normalized spacial score (nSPS) is 25.3. The first-order valence-electron chi connectivity index (χ1n) is 8.82. The smallest absolute Gasteiger partial charge is 0.423 e. The molecule has 25 heavy (non-hydrogen) atoms. The van der Waals surface area contributed by atoms with Crippen molar-refractivity contribution in [3.05, 3.63) is 23.4 Å². The van der Waals surface area contributed by atoms with Crippen molar-refractivity contribution in [2.45, 2.75) is 57.1 Å². The number of nitrogens with zero attached hydrogens (tertiary/aromatic N) is 2. The molecule has 2 atom stereocenters. The van der Waals surface area contributed by atoms with Crippen molar-refractivity contribution in [2.24, 2.45) is 0 Å². The van der Waals surface area contributed by atoms with E-state index in [9.17, 15) is 18.8 Å². The number of fused-ring (bicyclic) bond motifs is 2. The summed E-state index contributed by atoms with van der Waals surface area (Å²) in [7, 11) is -1.81. The molecule has 1 aliphatic heterocycles. The van der Waals surface area contributed by atoms with Gasteiger partial charge in [-0.3, -0.25) is 0 Å². The molecule has 2 heterocycles. The molecule has 1 aliphatic carbocycles. The van der Waals surface area contributed by atoms with Crippen LogP contribution in [0.3, 0.4) is 0 Å². The van der Waals surface area contributed by atoms with Crippen LogP contribution >= 0.6 is 0 Å². The Morgan fingerprint density at radius 3 is 2.84 bits per heavy atom. The lowest BCUT2D eigenvalue weighted by Gasteiger charge is -2.24. The van der Waals surface area contributed by atoms with Crippen molar-refractivity contribution in [3.63, 3.8) is 0 Å². The van der Waals surface area contributed by atoms with Crippen molar-refractivity contribution in [1.29, 1.82) is 0 Å². The molecule has 0 saturated carbocycles. The minimum Gasteiger partial charge on any atom is -0.423 e. The van der Waals surface area contributed by atoms with Crippen LogP contribution in [0.25, 0.3) is 10.9 Å². The van der Waals surface area contributed by atoms with Gasteiger partial charge in [0.1, 0.15) is 0 Å². The van der Waals surface area contributed by atoms with Crippen molar-refractivity contribution >= 4 is 23.5 Å². The van der Waals surface area contributed by atoms with E-state index in [1.165, 1.54) is 6.20 Å². The first-order chi connectivity index (χ1) is 11.9. The van der Waals surface area contributed by atoms with E-state index in [0.29, 0.717) is 28.6 Å². The number of ether oxygens (including phenoxy) is 1. The molecule has 2 unspecified atom stereocenters. The molecule has 2 N–H and O–H groups in total. The number of hydrogen-bond donors (Lipinski definition) is 2. The van der Waals surface area contributed by atoms with Gasteiger partial charge in [0, 0.05) is 24.3 Å². The van der Waals surface area contributed by atoms with Gasteiger partial charge in [-0.1, -0.05) is 6.92 Å². The molecule has 1 aromatic heterocycles. The van der Waals surface area contributed by atoms with Crippen molar-refractivity contribution < 1.29 is 23.6 Å². The van der Waals surface area contributed by atoms with Crippen molar-refractivity contribution in [2.75, 3.05) is 6.61 Å². The molecule has 1 fully saturated rings. The predicted octanol–water partition coefficient (Wildman–Crippen LogP) is 2.10. The largest absolute Gasteiger partial charge is 0.489 e. The van der Waals surface area contributed by atoms with Gasteiger partial charge in [0.05, 0.1) is 11.7 Å². The van der Waals surface area contributed by atoms with E-state index in [4.69, 9.17) is 4.74 Å². The van der Waals surface area contributed by atoms with Crippen LogP contribution in [-0.4, -0.2) is 39.5 Å². The Morgan fingerprint density at radius 1 is 1.40 bits per heavy atom. The molecule has 4 rings (SSSR count). The maximum Gasteiger partial charge on any atom is 0.489 e. The Kier molecular flexibility index (Phi) is 4.09. The molecule has 0 amide bonds. The summed E-state index contributed by atoms with van der Waals surface area (Å²) in [6, 6.07) is 1.73. The highest BCUT2D eigenvalue weighted by Gasteiger charge is 2.49. The molecule has 134 valence electrons. The van der Waals surface area contributed by atoms with Crippen LogP contribution in [-0.2, 0) is 11.2 Å². The van der Waals surface area contributed by atoms with Crippen molar-refractivity contribution in [3.8, 4) is 0 Å².